The Bertz CT molecular complexity index is 643. The van der Waals surface area contributed by atoms with Crippen LogP contribution >= 0.6 is 0 Å². The number of fused-ring (bicyclic) bond motifs is 1. The number of ether oxygens (including phenoxy) is 1. The maximum atomic E-state index is 6.43. The van der Waals surface area contributed by atoms with E-state index in [1.54, 1.807) is 0 Å². The minimum atomic E-state index is -0.103. The quantitative estimate of drug-likeness (QED) is 0.922. The van der Waals surface area contributed by atoms with Crippen LogP contribution in [0.15, 0.2) is 42.5 Å². The molecule has 2 N–H and O–H groups in total. The zero-order chi connectivity index (χ0) is 15.0. The number of hydrogen-bond acceptors (Lipinski definition) is 2. The van der Waals surface area contributed by atoms with Gasteiger partial charge < -0.3 is 10.5 Å². The first kappa shape index (κ1) is 14.2. The lowest BCUT2D eigenvalue weighted by molar-refractivity contribution is 0.138. The van der Waals surface area contributed by atoms with Gasteiger partial charge in [-0.25, -0.2) is 0 Å². The normalized spacial score (nSPS) is 17.1. The van der Waals surface area contributed by atoms with E-state index in [0.717, 1.165) is 29.7 Å². The average molecular weight is 281 g/mol. The second-order valence-electron chi connectivity index (χ2n) is 6.48. The zero-order valence-corrected chi connectivity index (χ0v) is 13.0. The monoisotopic (exact) mass is 281 g/mol. The highest BCUT2D eigenvalue weighted by molar-refractivity contribution is 5.44. The summed E-state index contributed by atoms with van der Waals surface area (Å²) in [7, 11) is 0. The fraction of sp³-hybridized carbons (Fsp3) is 0.368. The molecule has 2 heteroatoms. The molecule has 0 radical (unpaired) electrons. The lowest BCUT2D eigenvalue weighted by Gasteiger charge is -2.16. The summed E-state index contributed by atoms with van der Waals surface area (Å²) >= 11 is 0. The van der Waals surface area contributed by atoms with Crippen molar-refractivity contribution in [2.75, 3.05) is 0 Å². The summed E-state index contributed by atoms with van der Waals surface area (Å²) in [6, 6.07) is 14.9. The molecule has 2 aromatic rings. The Morgan fingerprint density at radius 3 is 2.43 bits per heavy atom. The summed E-state index contributed by atoms with van der Waals surface area (Å²) in [5.41, 5.74) is 11.2. The van der Waals surface area contributed by atoms with Gasteiger partial charge in [0.15, 0.2) is 0 Å². The second-order valence-corrected chi connectivity index (χ2v) is 6.48. The van der Waals surface area contributed by atoms with Gasteiger partial charge in [-0.05, 0) is 48.6 Å². The average Bonchev–Trinajstić information content (AvgIpc) is 2.79. The van der Waals surface area contributed by atoms with Crippen molar-refractivity contribution in [1.29, 1.82) is 0 Å². The van der Waals surface area contributed by atoms with Crippen LogP contribution in [0.4, 0.5) is 0 Å². The number of benzene rings is 2. The van der Waals surface area contributed by atoms with Crippen molar-refractivity contribution in [3.8, 4) is 5.75 Å². The lowest BCUT2D eigenvalue weighted by Crippen LogP contribution is -2.24. The summed E-state index contributed by atoms with van der Waals surface area (Å²) in [6.07, 6.45) is 2.00. The standard InChI is InChI=1S/C19H23NO/c1-4-13-5-7-14(8-6-13)18(20)15-9-10-17-16(11-15)12-19(2,3)21-17/h5-11,18H,4,12,20H2,1-3H3. The number of rotatable bonds is 3. The van der Waals surface area contributed by atoms with Gasteiger partial charge in [0.25, 0.3) is 0 Å². The molecule has 0 amide bonds. The Morgan fingerprint density at radius 1 is 1.10 bits per heavy atom. The Hall–Kier alpha value is -1.80. The molecule has 0 spiro atoms. The molecule has 1 aliphatic heterocycles. The first-order valence-corrected chi connectivity index (χ1v) is 7.65. The second kappa shape index (κ2) is 5.19. The number of nitrogens with two attached hydrogens (primary N) is 1. The van der Waals surface area contributed by atoms with Gasteiger partial charge >= 0.3 is 0 Å². The molecule has 0 bridgehead atoms. The highest BCUT2D eigenvalue weighted by atomic mass is 16.5. The SMILES string of the molecule is CCc1ccc(C(N)c2ccc3c(c2)CC(C)(C)O3)cc1. The first-order chi connectivity index (χ1) is 9.98. The predicted molar refractivity (Wildman–Crippen MR) is 86.7 cm³/mol. The van der Waals surface area contributed by atoms with Crippen molar-refractivity contribution in [3.05, 3.63) is 64.7 Å². The van der Waals surface area contributed by atoms with Crippen LogP contribution in [0.2, 0.25) is 0 Å². The van der Waals surface area contributed by atoms with Gasteiger partial charge in [-0.15, -0.1) is 0 Å². The van der Waals surface area contributed by atoms with Crippen molar-refractivity contribution in [2.24, 2.45) is 5.73 Å². The topological polar surface area (TPSA) is 35.2 Å². The van der Waals surface area contributed by atoms with Gasteiger partial charge in [0, 0.05) is 6.42 Å². The van der Waals surface area contributed by atoms with E-state index in [2.05, 4.69) is 63.2 Å². The third-order valence-electron chi connectivity index (χ3n) is 4.19. The van der Waals surface area contributed by atoms with Crippen molar-refractivity contribution < 1.29 is 4.74 Å². The van der Waals surface area contributed by atoms with E-state index in [4.69, 9.17) is 10.5 Å². The maximum absolute atomic E-state index is 6.43. The third-order valence-corrected chi connectivity index (χ3v) is 4.19. The van der Waals surface area contributed by atoms with E-state index in [1.807, 2.05) is 0 Å². The smallest absolute Gasteiger partial charge is 0.123 e. The van der Waals surface area contributed by atoms with E-state index >= 15 is 0 Å². The molecule has 0 aliphatic carbocycles. The van der Waals surface area contributed by atoms with Crippen molar-refractivity contribution in [3.63, 3.8) is 0 Å². The van der Waals surface area contributed by atoms with Crippen molar-refractivity contribution in [2.45, 2.75) is 45.3 Å². The summed E-state index contributed by atoms with van der Waals surface area (Å²) in [5, 5.41) is 0. The largest absolute Gasteiger partial charge is 0.487 e. The van der Waals surface area contributed by atoms with Crippen LogP contribution in [0.5, 0.6) is 5.75 Å². The molecule has 2 aromatic carbocycles. The van der Waals surface area contributed by atoms with Gasteiger partial charge in [0.2, 0.25) is 0 Å². The van der Waals surface area contributed by atoms with E-state index in [0.29, 0.717) is 0 Å². The van der Waals surface area contributed by atoms with Crippen LogP contribution in [-0.4, -0.2) is 5.60 Å². The van der Waals surface area contributed by atoms with Crippen molar-refractivity contribution in [1.82, 2.24) is 0 Å². The molecule has 0 saturated heterocycles. The van der Waals surface area contributed by atoms with Gasteiger partial charge in [-0.1, -0.05) is 43.3 Å². The van der Waals surface area contributed by atoms with Crippen LogP contribution in [0.1, 0.15) is 49.1 Å². The molecular formula is C19H23NO. The summed E-state index contributed by atoms with van der Waals surface area (Å²) < 4.78 is 5.92. The molecule has 2 nitrogen and oxygen atoms in total. The minimum absolute atomic E-state index is 0.0788. The molecule has 110 valence electrons. The summed E-state index contributed by atoms with van der Waals surface area (Å²) in [5.74, 6) is 0.997. The molecule has 3 rings (SSSR count). The van der Waals surface area contributed by atoms with Gasteiger partial charge in [0.1, 0.15) is 11.4 Å². The fourth-order valence-electron chi connectivity index (χ4n) is 2.98. The van der Waals surface area contributed by atoms with Crippen LogP contribution in [0.3, 0.4) is 0 Å². The third kappa shape index (κ3) is 2.81. The molecule has 0 saturated carbocycles. The van der Waals surface area contributed by atoms with Gasteiger partial charge in [-0.3, -0.25) is 0 Å². The number of hydrogen-bond donors (Lipinski definition) is 1. The molecular weight excluding hydrogens is 258 g/mol. The van der Waals surface area contributed by atoms with Gasteiger partial charge in [0.05, 0.1) is 6.04 Å². The Balaban J connectivity index is 1.87. The molecule has 1 aliphatic rings. The van der Waals surface area contributed by atoms with Crippen LogP contribution in [0.25, 0.3) is 0 Å². The highest BCUT2D eigenvalue weighted by Gasteiger charge is 2.30. The van der Waals surface area contributed by atoms with Crippen molar-refractivity contribution >= 4 is 0 Å². The molecule has 1 heterocycles. The first-order valence-electron chi connectivity index (χ1n) is 7.65. The van der Waals surface area contributed by atoms with Crippen LogP contribution in [-0.2, 0) is 12.8 Å². The van der Waals surface area contributed by atoms with Crippen LogP contribution in [0, 0.1) is 0 Å². The lowest BCUT2D eigenvalue weighted by atomic mass is 9.94. The van der Waals surface area contributed by atoms with E-state index in [9.17, 15) is 0 Å². The van der Waals surface area contributed by atoms with Gasteiger partial charge in [-0.2, -0.15) is 0 Å². The van der Waals surface area contributed by atoms with E-state index in [1.165, 1.54) is 11.1 Å². The summed E-state index contributed by atoms with van der Waals surface area (Å²) in [4.78, 5) is 0. The maximum Gasteiger partial charge on any atom is 0.123 e. The van der Waals surface area contributed by atoms with Crippen LogP contribution < -0.4 is 10.5 Å². The Labute approximate surface area is 126 Å². The Kier molecular flexibility index (Phi) is 3.50. The predicted octanol–water partition coefficient (Wildman–Crippen LogP) is 4.01. The van der Waals surface area contributed by atoms with E-state index in [-0.39, 0.29) is 11.6 Å². The molecule has 0 aromatic heterocycles. The fourth-order valence-corrected chi connectivity index (χ4v) is 2.98. The Morgan fingerprint density at radius 2 is 1.76 bits per heavy atom. The van der Waals surface area contributed by atoms with E-state index < -0.39 is 0 Å². The molecule has 1 atom stereocenters. The molecule has 0 fully saturated rings. The summed E-state index contributed by atoms with van der Waals surface area (Å²) in [6.45, 7) is 6.41. The zero-order valence-electron chi connectivity index (χ0n) is 13.0. The highest BCUT2D eigenvalue weighted by Crippen LogP contribution is 2.36. The minimum Gasteiger partial charge on any atom is -0.487 e. The molecule has 1 unspecified atom stereocenters. The molecule has 21 heavy (non-hydrogen) atoms. The number of aryl methyl sites for hydroxylation is 1.